The Kier molecular flexibility index (Phi) is 4.97. The second-order valence-electron chi connectivity index (χ2n) is 6.70. The molecule has 1 aromatic heterocycles. The molecule has 2 aliphatic rings. The second kappa shape index (κ2) is 6.45. The standard InChI is InChI=1S/C16H18N4O3S.2H2O/c1-16(2)11(14(22)23)20-12(21)10(13(20)24-16)18-15-17-8-6-4-5-7-9(8)19(15)3;;/h4-7,10-11,13H,1-3H3,(H,17,18)(H,22,23);2*1H2. The fraction of sp³-hybridized carbons (Fsp3) is 0.438. The molecule has 1 amide bonds. The molecule has 10 heteroatoms. The van der Waals surface area contributed by atoms with Gasteiger partial charge in [-0.25, -0.2) is 9.78 Å². The van der Waals surface area contributed by atoms with E-state index in [9.17, 15) is 14.7 Å². The van der Waals surface area contributed by atoms with Crippen LogP contribution in [0.4, 0.5) is 5.95 Å². The van der Waals surface area contributed by atoms with Crippen LogP contribution in [0.5, 0.6) is 0 Å². The first kappa shape index (κ1) is 20.0. The number of imidazole rings is 1. The molecule has 3 heterocycles. The van der Waals surface area contributed by atoms with Crippen molar-refractivity contribution in [2.75, 3.05) is 5.32 Å². The van der Waals surface area contributed by atoms with Crippen molar-refractivity contribution in [1.29, 1.82) is 0 Å². The molecule has 6 N–H and O–H groups in total. The highest BCUT2D eigenvalue weighted by Crippen LogP contribution is 2.51. The highest BCUT2D eigenvalue weighted by Gasteiger charge is 2.64. The average molecular weight is 382 g/mol. The average Bonchev–Trinajstić information content (AvgIpc) is 2.97. The Hall–Kier alpha value is -2.30. The lowest BCUT2D eigenvalue weighted by Crippen LogP contribution is -2.68. The number of benzene rings is 1. The number of carbonyl (C=O) groups is 2. The number of aryl methyl sites for hydroxylation is 1. The molecule has 0 saturated carbocycles. The monoisotopic (exact) mass is 382 g/mol. The minimum absolute atomic E-state index is 0. The van der Waals surface area contributed by atoms with E-state index < -0.39 is 22.8 Å². The summed E-state index contributed by atoms with van der Waals surface area (Å²) in [5.41, 5.74) is 1.83. The van der Waals surface area contributed by atoms with E-state index in [1.807, 2.05) is 49.7 Å². The van der Waals surface area contributed by atoms with Crippen molar-refractivity contribution in [3.63, 3.8) is 0 Å². The Balaban J connectivity index is 0.00000121. The lowest BCUT2D eigenvalue weighted by atomic mass is 9.96. The summed E-state index contributed by atoms with van der Waals surface area (Å²) in [6, 6.07) is 6.51. The van der Waals surface area contributed by atoms with Crippen molar-refractivity contribution in [1.82, 2.24) is 14.5 Å². The number of hydrogen-bond donors (Lipinski definition) is 2. The molecule has 2 fully saturated rings. The van der Waals surface area contributed by atoms with Crippen molar-refractivity contribution >= 4 is 40.6 Å². The van der Waals surface area contributed by atoms with E-state index >= 15 is 0 Å². The number of nitrogens with zero attached hydrogens (tertiary/aromatic N) is 3. The normalized spacial score (nSPS) is 25.7. The maximum Gasteiger partial charge on any atom is 0.327 e. The molecule has 4 rings (SSSR count). The zero-order chi connectivity index (χ0) is 17.2. The minimum Gasteiger partial charge on any atom is -0.480 e. The molecule has 3 unspecified atom stereocenters. The van der Waals surface area contributed by atoms with Crippen molar-refractivity contribution < 1.29 is 25.6 Å². The van der Waals surface area contributed by atoms with Crippen molar-refractivity contribution in [2.45, 2.75) is 36.1 Å². The molecule has 2 aromatic rings. The van der Waals surface area contributed by atoms with Gasteiger partial charge in [0.15, 0.2) is 0 Å². The van der Waals surface area contributed by atoms with Crippen LogP contribution >= 0.6 is 11.8 Å². The molecule has 142 valence electrons. The van der Waals surface area contributed by atoms with Gasteiger partial charge in [-0.1, -0.05) is 12.1 Å². The van der Waals surface area contributed by atoms with Gasteiger partial charge < -0.3 is 30.8 Å². The minimum atomic E-state index is -0.954. The van der Waals surface area contributed by atoms with Gasteiger partial charge >= 0.3 is 5.97 Å². The number of nitrogens with one attached hydrogen (secondary N) is 1. The number of hydrogen-bond acceptors (Lipinski definition) is 5. The van der Waals surface area contributed by atoms with Crippen molar-refractivity contribution in [3.05, 3.63) is 24.3 Å². The van der Waals surface area contributed by atoms with Gasteiger partial charge in [0.2, 0.25) is 11.9 Å². The van der Waals surface area contributed by atoms with E-state index in [1.165, 1.54) is 16.7 Å². The summed E-state index contributed by atoms with van der Waals surface area (Å²) in [6.07, 6.45) is 0. The molecular weight excluding hydrogens is 360 g/mol. The van der Waals surface area contributed by atoms with Crippen LogP contribution < -0.4 is 5.32 Å². The Labute approximate surface area is 154 Å². The lowest BCUT2D eigenvalue weighted by Gasteiger charge is -2.43. The fourth-order valence-electron chi connectivity index (χ4n) is 3.56. The molecule has 3 atom stereocenters. The molecule has 0 radical (unpaired) electrons. The molecule has 9 nitrogen and oxygen atoms in total. The Morgan fingerprint density at radius 2 is 1.96 bits per heavy atom. The lowest BCUT2D eigenvalue weighted by molar-refractivity contribution is -0.158. The van der Waals surface area contributed by atoms with Crippen LogP contribution in [0.15, 0.2) is 24.3 Å². The van der Waals surface area contributed by atoms with Gasteiger partial charge in [-0.05, 0) is 26.0 Å². The van der Waals surface area contributed by atoms with Crippen LogP contribution in [0.2, 0.25) is 0 Å². The summed E-state index contributed by atoms with van der Waals surface area (Å²) in [5, 5.41) is 12.5. The van der Waals surface area contributed by atoms with Crippen LogP contribution in [0.1, 0.15) is 13.8 Å². The maximum atomic E-state index is 12.5. The summed E-state index contributed by atoms with van der Waals surface area (Å²) in [7, 11) is 1.89. The number of fused-ring (bicyclic) bond motifs is 2. The van der Waals surface area contributed by atoms with Gasteiger partial charge in [-0.2, -0.15) is 0 Å². The highest BCUT2D eigenvalue weighted by molar-refractivity contribution is 8.01. The maximum absolute atomic E-state index is 12.5. The van der Waals surface area contributed by atoms with E-state index in [0.29, 0.717) is 5.95 Å². The molecule has 0 bridgehead atoms. The molecule has 1 aromatic carbocycles. The van der Waals surface area contributed by atoms with Gasteiger partial charge in [0.1, 0.15) is 17.5 Å². The number of aliphatic carboxylic acids is 1. The Morgan fingerprint density at radius 1 is 1.31 bits per heavy atom. The molecule has 0 aliphatic carbocycles. The van der Waals surface area contributed by atoms with Crippen LogP contribution in [0.25, 0.3) is 11.0 Å². The number of para-hydroxylation sites is 2. The van der Waals surface area contributed by atoms with Crippen LogP contribution in [-0.4, -0.2) is 64.6 Å². The summed E-state index contributed by atoms with van der Waals surface area (Å²) < 4.78 is 1.39. The molecule has 26 heavy (non-hydrogen) atoms. The second-order valence-corrected chi connectivity index (χ2v) is 8.47. The number of anilines is 1. The summed E-state index contributed by atoms with van der Waals surface area (Å²) in [5.74, 6) is -0.520. The SMILES string of the molecule is Cn1c(NC2C(=O)N3C2SC(C)(C)C3C(=O)O)nc2ccccc21.O.O. The first-order valence-electron chi connectivity index (χ1n) is 7.72. The van der Waals surface area contributed by atoms with E-state index in [1.54, 1.807) is 0 Å². The number of amides is 1. The van der Waals surface area contributed by atoms with E-state index in [4.69, 9.17) is 0 Å². The van der Waals surface area contributed by atoms with Crippen LogP contribution in [0.3, 0.4) is 0 Å². The highest BCUT2D eigenvalue weighted by atomic mass is 32.2. The Bertz CT molecular complexity index is 867. The Morgan fingerprint density at radius 3 is 2.58 bits per heavy atom. The van der Waals surface area contributed by atoms with Gasteiger partial charge in [-0.15, -0.1) is 11.8 Å². The largest absolute Gasteiger partial charge is 0.480 e. The van der Waals surface area contributed by atoms with E-state index in [-0.39, 0.29) is 22.2 Å². The third kappa shape index (κ3) is 2.61. The van der Waals surface area contributed by atoms with Crippen molar-refractivity contribution in [3.8, 4) is 0 Å². The third-order valence-corrected chi connectivity index (χ3v) is 6.32. The number of carbonyl (C=O) groups excluding carboxylic acids is 1. The first-order valence-corrected chi connectivity index (χ1v) is 8.60. The topological polar surface area (TPSA) is 150 Å². The van der Waals surface area contributed by atoms with Gasteiger partial charge in [0, 0.05) is 11.8 Å². The third-order valence-electron chi connectivity index (χ3n) is 4.75. The number of thioether (sulfide) groups is 1. The molecule has 0 spiro atoms. The fourth-order valence-corrected chi connectivity index (χ4v) is 5.18. The molecule has 2 saturated heterocycles. The summed E-state index contributed by atoms with van der Waals surface area (Å²) in [6.45, 7) is 3.74. The zero-order valence-corrected chi connectivity index (χ0v) is 15.4. The number of aromatic nitrogens is 2. The van der Waals surface area contributed by atoms with E-state index in [2.05, 4.69) is 10.3 Å². The predicted octanol–water partition coefficient (Wildman–Crippen LogP) is -0.149. The van der Waals surface area contributed by atoms with E-state index in [0.717, 1.165) is 11.0 Å². The van der Waals surface area contributed by atoms with Gasteiger partial charge in [-0.3, -0.25) is 4.79 Å². The number of carboxylic acid groups (broad SMARTS) is 1. The molecule has 2 aliphatic heterocycles. The molecular formula is C16H22N4O5S. The number of carboxylic acids is 1. The smallest absolute Gasteiger partial charge is 0.327 e. The number of β-lactam (4-membered cyclic amide) rings is 1. The van der Waals surface area contributed by atoms with Gasteiger partial charge in [0.05, 0.1) is 11.0 Å². The summed E-state index contributed by atoms with van der Waals surface area (Å²) >= 11 is 1.52. The van der Waals surface area contributed by atoms with Crippen LogP contribution in [-0.2, 0) is 16.6 Å². The summed E-state index contributed by atoms with van der Waals surface area (Å²) in [4.78, 5) is 30.1. The van der Waals surface area contributed by atoms with Crippen molar-refractivity contribution in [2.24, 2.45) is 7.05 Å². The van der Waals surface area contributed by atoms with Gasteiger partial charge in [0.25, 0.3) is 0 Å². The zero-order valence-electron chi connectivity index (χ0n) is 14.6. The predicted molar refractivity (Wildman–Crippen MR) is 99.1 cm³/mol. The quantitative estimate of drug-likeness (QED) is 0.705. The van der Waals surface area contributed by atoms with Crippen LogP contribution in [0, 0.1) is 0 Å². The first-order chi connectivity index (χ1) is 11.3. The number of rotatable bonds is 3.